The molecule has 1 aliphatic carbocycles. The molecule has 0 spiro atoms. The van der Waals surface area contributed by atoms with Crippen LogP contribution in [0.2, 0.25) is 0 Å². The summed E-state index contributed by atoms with van der Waals surface area (Å²) in [7, 11) is 3.22. The predicted molar refractivity (Wildman–Crippen MR) is 120 cm³/mol. The highest BCUT2D eigenvalue weighted by atomic mass is 32.1. The Morgan fingerprint density at radius 3 is 2.61 bits per heavy atom. The fraction of sp³-hybridized carbons (Fsp3) is 0.333. The molecule has 31 heavy (non-hydrogen) atoms. The molecule has 1 amide bonds. The quantitative estimate of drug-likeness (QED) is 0.488. The number of thiazole rings is 1. The molecule has 1 fully saturated rings. The molecule has 1 aliphatic rings. The van der Waals surface area contributed by atoms with Crippen LogP contribution >= 0.6 is 11.3 Å². The Hall–Kier alpha value is -2.93. The Balaban J connectivity index is 1.57. The first-order chi connectivity index (χ1) is 15.0. The maximum absolute atomic E-state index is 13.8. The standard InChI is InChI=1S/C24H25FN2O3S/c1-15-26-22(23(31-15)17-5-4-6-18(25)14-17)24(28)27(19-8-9-19)12-11-16-7-10-20(29-2)21(13-16)30-3/h4-7,10,13-14,19H,8-9,11-12H2,1-3H3. The van der Waals surface area contributed by atoms with Crippen LogP contribution in [0.3, 0.4) is 0 Å². The molecule has 162 valence electrons. The zero-order valence-electron chi connectivity index (χ0n) is 17.9. The number of methoxy groups -OCH3 is 2. The Morgan fingerprint density at radius 1 is 1.16 bits per heavy atom. The average Bonchev–Trinajstić information content (AvgIpc) is 3.53. The van der Waals surface area contributed by atoms with Crippen LogP contribution in [-0.2, 0) is 6.42 Å². The molecule has 0 bridgehead atoms. The van der Waals surface area contributed by atoms with E-state index >= 15 is 0 Å². The van der Waals surface area contributed by atoms with Gasteiger partial charge >= 0.3 is 0 Å². The summed E-state index contributed by atoms with van der Waals surface area (Å²) in [5, 5.41) is 0.790. The van der Waals surface area contributed by atoms with Crippen LogP contribution in [0.1, 0.15) is 33.9 Å². The molecule has 3 aromatic rings. The highest BCUT2D eigenvalue weighted by molar-refractivity contribution is 7.15. The molecule has 0 unspecified atom stereocenters. The Kier molecular flexibility index (Phi) is 6.23. The van der Waals surface area contributed by atoms with Crippen molar-refractivity contribution in [1.82, 2.24) is 9.88 Å². The van der Waals surface area contributed by atoms with Crippen molar-refractivity contribution in [3.05, 3.63) is 64.5 Å². The van der Waals surface area contributed by atoms with E-state index in [0.717, 1.165) is 28.3 Å². The third kappa shape index (κ3) is 4.71. The van der Waals surface area contributed by atoms with Gasteiger partial charge in [0.1, 0.15) is 11.5 Å². The highest BCUT2D eigenvalue weighted by Crippen LogP contribution is 2.35. The molecule has 1 saturated carbocycles. The maximum atomic E-state index is 13.8. The summed E-state index contributed by atoms with van der Waals surface area (Å²) in [6.07, 6.45) is 2.69. The van der Waals surface area contributed by atoms with Crippen molar-refractivity contribution < 1.29 is 18.7 Å². The molecule has 5 nitrogen and oxygen atoms in total. The van der Waals surface area contributed by atoms with Gasteiger partial charge in [-0.05, 0) is 61.6 Å². The predicted octanol–water partition coefficient (Wildman–Crippen LogP) is 5.12. The monoisotopic (exact) mass is 440 g/mol. The molecular formula is C24H25FN2O3S. The number of aryl methyl sites for hydroxylation is 1. The number of amides is 1. The molecule has 0 atom stereocenters. The van der Waals surface area contributed by atoms with Crippen molar-refractivity contribution in [3.8, 4) is 21.9 Å². The molecule has 0 saturated heterocycles. The Labute approximate surface area is 185 Å². The second-order valence-corrected chi connectivity index (χ2v) is 8.79. The summed E-state index contributed by atoms with van der Waals surface area (Å²) in [6, 6.07) is 12.4. The van der Waals surface area contributed by atoms with Gasteiger partial charge in [-0.2, -0.15) is 0 Å². The van der Waals surface area contributed by atoms with Crippen molar-refractivity contribution in [2.45, 2.75) is 32.2 Å². The first kappa shape index (κ1) is 21.3. The fourth-order valence-corrected chi connectivity index (χ4v) is 4.56. The van der Waals surface area contributed by atoms with Gasteiger partial charge in [-0.1, -0.05) is 18.2 Å². The van der Waals surface area contributed by atoms with Gasteiger partial charge < -0.3 is 14.4 Å². The molecule has 0 radical (unpaired) electrons. The van der Waals surface area contributed by atoms with E-state index in [2.05, 4.69) is 4.98 Å². The summed E-state index contributed by atoms with van der Waals surface area (Å²) < 4.78 is 24.5. The van der Waals surface area contributed by atoms with Crippen LogP contribution in [0.25, 0.3) is 10.4 Å². The number of aromatic nitrogens is 1. The number of benzene rings is 2. The van der Waals surface area contributed by atoms with E-state index in [1.807, 2.05) is 36.1 Å². The molecule has 1 aromatic heterocycles. The van der Waals surface area contributed by atoms with E-state index in [9.17, 15) is 9.18 Å². The zero-order chi connectivity index (χ0) is 22.0. The summed E-state index contributed by atoms with van der Waals surface area (Å²) in [5.41, 5.74) is 2.16. The lowest BCUT2D eigenvalue weighted by Crippen LogP contribution is -2.35. The minimum atomic E-state index is -0.325. The number of carbonyl (C=O) groups excluding carboxylic acids is 1. The maximum Gasteiger partial charge on any atom is 0.274 e. The van der Waals surface area contributed by atoms with Crippen molar-refractivity contribution in [3.63, 3.8) is 0 Å². The first-order valence-corrected chi connectivity index (χ1v) is 11.1. The molecule has 0 aliphatic heterocycles. The second-order valence-electron chi connectivity index (χ2n) is 7.59. The van der Waals surface area contributed by atoms with Gasteiger partial charge in [0.15, 0.2) is 11.5 Å². The number of nitrogens with zero attached hydrogens (tertiary/aromatic N) is 2. The SMILES string of the molecule is COc1ccc(CCN(C(=O)c2nc(C)sc2-c2cccc(F)c2)C2CC2)cc1OC. The Bertz CT molecular complexity index is 1090. The number of hydrogen-bond donors (Lipinski definition) is 0. The van der Waals surface area contributed by atoms with Crippen molar-refractivity contribution in [2.24, 2.45) is 0 Å². The molecule has 7 heteroatoms. The topological polar surface area (TPSA) is 51.7 Å². The number of carbonyl (C=O) groups is 1. The number of rotatable bonds is 8. The van der Waals surface area contributed by atoms with E-state index in [4.69, 9.17) is 9.47 Å². The number of hydrogen-bond acceptors (Lipinski definition) is 5. The van der Waals surface area contributed by atoms with Crippen molar-refractivity contribution >= 4 is 17.2 Å². The van der Waals surface area contributed by atoms with Gasteiger partial charge in [-0.3, -0.25) is 4.79 Å². The lowest BCUT2D eigenvalue weighted by Gasteiger charge is -2.22. The van der Waals surface area contributed by atoms with Crippen LogP contribution in [0, 0.1) is 12.7 Å². The van der Waals surface area contributed by atoms with Crippen molar-refractivity contribution in [1.29, 1.82) is 0 Å². The third-order valence-corrected chi connectivity index (χ3v) is 6.38. The fourth-order valence-electron chi connectivity index (χ4n) is 3.66. The van der Waals surface area contributed by atoms with Crippen LogP contribution in [0.5, 0.6) is 11.5 Å². The summed E-state index contributed by atoms with van der Waals surface area (Å²) in [4.78, 5) is 20.6. The largest absolute Gasteiger partial charge is 0.493 e. The highest BCUT2D eigenvalue weighted by Gasteiger charge is 2.35. The van der Waals surface area contributed by atoms with E-state index in [-0.39, 0.29) is 17.8 Å². The molecule has 4 rings (SSSR count). The van der Waals surface area contributed by atoms with Crippen LogP contribution in [0.15, 0.2) is 42.5 Å². The third-order valence-electron chi connectivity index (χ3n) is 5.36. The summed E-state index contributed by atoms with van der Waals surface area (Å²) in [6.45, 7) is 2.45. The van der Waals surface area contributed by atoms with E-state index in [1.54, 1.807) is 20.3 Å². The summed E-state index contributed by atoms with van der Waals surface area (Å²) >= 11 is 1.42. The van der Waals surface area contributed by atoms with Gasteiger partial charge in [-0.15, -0.1) is 11.3 Å². The van der Waals surface area contributed by atoms with Gasteiger partial charge in [0.25, 0.3) is 5.91 Å². The van der Waals surface area contributed by atoms with E-state index in [0.29, 0.717) is 35.7 Å². The lowest BCUT2D eigenvalue weighted by atomic mass is 10.1. The van der Waals surface area contributed by atoms with Gasteiger partial charge in [0.2, 0.25) is 0 Å². The van der Waals surface area contributed by atoms with Gasteiger partial charge in [0, 0.05) is 12.6 Å². The minimum absolute atomic E-state index is 0.0911. The lowest BCUT2D eigenvalue weighted by molar-refractivity contribution is 0.0740. The number of ether oxygens (including phenoxy) is 2. The van der Waals surface area contributed by atoms with Crippen molar-refractivity contribution in [2.75, 3.05) is 20.8 Å². The first-order valence-electron chi connectivity index (χ1n) is 10.3. The van der Waals surface area contributed by atoms with Crippen LogP contribution in [-0.4, -0.2) is 42.6 Å². The zero-order valence-corrected chi connectivity index (χ0v) is 18.7. The smallest absolute Gasteiger partial charge is 0.274 e. The molecular weight excluding hydrogens is 415 g/mol. The summed E-state index contributed by atoms with van der Waals surface area (Å²) in [5.74, 6) is 0.938. The average molecular weight is 441 g/mol. The van der Waals surface area contributed by atoms with E-state index < -0.39 is 0 Å². The molecule has 1 heterocycles. The normalized spacial score (nSPS) is 13.2. The second kappa shape index (κ2) is 9.06. The molecule has 0 N–H and O–H groups in total. The van der Waals surface area contributed by atoms with Gasteiger partial charge in [0.05, 0.1) is 24.1 Å². The van der Waals surface area contributed by atoms with Crippen LogP contribution in [0.4, 0.5) is 4.39 Å². The molecule has 2 aromatic carbocycles. The Morgan fingerprint density at radius 2 is 1.94 bits per heavy atom. The van der Waals surface area contributed by atoms with Gasteiger partial charge in [-0.25, -0.2) is 9.37 Å². The minimum Gasteiger partial charge on any atom is -0.493 e. The number of halogens is 1. The van der Waals surface area contributed by atoms with E-state index in [1.165, 1.54) is 23.5 Å². The van der Waals surface area contributed by atoms with Crippen LogP contribution < -0.4 is 9.47 Å².